The summed E-state index contributed by atoms with van der Waals surface area (Å²) in [7, 11) is 0. The second kappa shape index (κ2) is 15.5. The highest BCUT2D eigenvalue weighted by molar-refractivity contribution is 5.94. The molecule has 0 spiro atoms. The van der Waals surface area contributed by atoms with Gasteiger partial charge in [0.05, 0.1) is 13.0 Å². The van der Waals surface area contributed by atoms with E-state index in [0.717, 1.165) is 44.5 Å². The Kier molecular flexibility index (Phi) is 11.7. The molecule has 0 aliphatic heterocycles. The van der Waals surface area contributed by atoms with Crippen molar-refractivity contribution in [3.05, 3.63) is 101 Å². The Morgan fingerprint density at radius 1 is 0.811 bits per heavy atom. The average molecular weight is 502 g/mol. The highest BCUT2D eigenvalue weighted by atomic mass is 16.5. The molecule has 0 aliphatic rings. The minimum absolute atomic E-state index is 0.0715. The van der Waals surface area contributed by atoms with Crippen molar-refractivity contribution in [2.24, 2.45) is 0 Å². The summed E-state index contributed by atoms with van der Waals surface area (Å²) in [5.41, 5.74) is 4.48. The van der Waals surface area contributed by atoms with Gasteiger partial charge in [-0.1, -0.05) is 80.8 Å². The van der Waals surface area contributed by atoms with Gasteiger partial charge in [0.2, 0.25) is 0 Å². The summed E-state index contributed by atoms with van der Waals surface area (Å²) in [4.78, 5) is 22.5. The fourth-order valence-electron chi connectivity index (χ4n) is 4.34. The van der Waals surface area contributed by atoms with Crippen molar-refractivity contribution >= 4 is 11.9 Å². The zero-order valence-corrected chi connectivity index (χ0v) is 21.8. The zero-order valence-electron chi connectivity index (χ0n) is 21.8. The van der Waals surface area contributed by atoms with E-state index in [1.54, 1.807) is 12.1 Å². The monoisotopic (exact) mass is 501 g/mol. The Hall–Kier alpha value is -3.60. The van der Waals surface area contributed by atoms with Crippen LogP contribution in [-0.2, 0) is 17.6 Å². The maximum Gasteiger partial charge on any atom is 0.305 e. The van der Waals surface area contributed by atoms with Gasteiger partial charge < -0.3 is 15.2 Å². The molecule has 0 aromatic heterocycles. The highest BCUT2D eigenvalue weighted by Crippen LogP contribution is 2.23. The van der Waals surface area contributed by atoms with Crippen LogP contribution >= 0.6 is 0 Å². The first-order valence-corrected chi connectivity index (χ1v) is 13.4. The summed E-state index contributed by atoms with van der Waals surface area (Å²) in [6.07, 6.45) is 7.64. The number of hydrogen-bond acceptors (Lipinski definition) is 3. The lowest BCUT2D eigenvalue weighted by Gasteiger charge is -2.13. The van der Waals surface area contributed by atoms with Crippen molar-refractivity contribution in [3.8, 4) is 5.75 Å². The number of carbonyl (C=O) groups excluding carboxylic acids is 1. The molecular weight excluding hydrogens is 462 g/mol. The number of aryl methyl sites for hydroxylation is 1. The molecule has 5 heteroatoms. The number of benzene rings is 3. The number of aliphatic carboxylic acids is 1. The summed E-state index contributed by atoms with van der Waals surface area (Å²) in [6, 6.07) is 26.7. The first-order chi connectivity index (χ1) is 18.0. The Labute approximate surface area is 220 Å². The third kappa shape index (κ3) is 10.5. The van der Waals surface area contributed by atoms with Gasteiger partial charge in [0.15, 0.2) is 0 Å². The SMILES string of the molecule is CC(Cc1ccccc1)c1ccc(OCCCCCCCc2ccc(C(=O)NCCC(=O)O)cc2)cc1. The molecule has 1 atom stereocenters. The summed E-state index contributed by atoms with van der Waals surface area (Å²) in [6.45, 7) is 3.15. The van der Waals surface area contributed by atoms with E-state index in [9.17, 15) is 9.59 Å². The predicted octanol–water partition coefficient (Wildman–Crippen LogP) is 6.81. The third-order valence-electron chi connectivity index (χ3n) is 6.55. The Morgan fingerprint density at radius 3 is 2.19 bits per heavy atom. The van der Waals surface area contributed by atoms with Gasteiger partial charge in [-0.2, -0.15) is 0 Å². The predicted molar refractivity (Wildman–Crippen MR) is 148 cm³/mol. The van der Waals surface area contributed by atoms with Gasteiger partial charge in [-0.25, -0.2) is 0 Å². The second-order valence-corrected chi connectivity index (χ2v) is 9.62. The largest absolute Gasteiger partial charge is 0.494 e. The summed E-state index contributed by atoms with van der Waals surface area (Å²) >= 11 is 0. The molecule has 5 nitrogen and oxygen atoms in total. The van der Waals surface area contributed by atoms with Crippen LogP contribution < -0.4 is 10.1 Å². The molecule has 0 aliphatic carbocycles. The maximum atomic E-state index is 12.0. The van der Waals surface area contributed by atoms with Crippen molar-refractivity contribution in [1.29, 1.82) is 0 Å². The first-order valence-electron chi connectivity index (χ1n) is 13.4. The van der Waals surface area contributed by atoms with Crippen LogP contribution in [0.2, 0.25) is 0 Å². The van der Waals surface area contributed by atoms with Crippen molar-refractivity contribution in [1.82, 2.24) is 5.32 Å². The Morgan fingerprint density at radius 2 is 1.49 bits per heavy atom. The van der Waals surface area contributed by atoms with Crippen LogP contribution in [0, 0.1) is 0 Å². The third-order valence-corrected chi connectivity index (χ3v) is 6.55. The molecule has 0 saturated heterocycles. The lowest BCUT2D eigenvalue weighted by Crippen LogP contribution is -2.25. The molecule has 0 fully saturated rings. The molecule has 0 bridgehead atoms. The van der Waals surface area contributed by atoms with E-state index < -0.39 is 5.97 Å². The Bertz CT molecular complexity index is 1080. The minimum Gasteiger partial charge on any atom is -0.494 e. The number of carboxylic acid groups (broad SMARTS) is 1. The topological polar surface area (TPSA) is 75.6 Å². The van der Waals surface area contributed by atoms with Crippen LogP contribution in [0.5, 0.6) is 5.75 Å². The average Bonchev–Trinajstić information content (AvgIpc) is 2.91. The standard InChI is InChI=1S/C32H39NO4/c1-25(24-27-11-7-5-8-12-27)28-17-19-30(20-18-28)37-23-9-4-2-3-6-10-26-13-15-29(16-14-26)32(36)33-22-21-31(34)35/h5,7-8,11-20,25H,2-4,6,9-10,21-24H2,1H3,(H,33,36)(H,34,35). The first kappa shape index (κ1) is 28.0. The quantitative estimate of drug-likeness (QED) is 0.211. The zero-order chi connectivity index (χ0) is 26.3. The number of hydrogen-bond donors (Lipinski definition) is 2. The van der Waals surface area contributed by atoms with Gasteiger partial charge in [0.25, 0.3) is 5.91 Å². The minimum atomic E-state index is -0.919. The molecule has 0 heterocycles. The van der Waals surface area contributed by atoms with Gasteiger partial charge >= 0.3 is 5.97 Å². The number of carbonyl (C=O) groups is 2. The molecule has 37 heavy (non-hydrogen) atoms. The molecule has 1 amide bonds. The van der Waals surface area contributed by atoms with E-state index in [-0.39, 0.29) is 18.9 Å². The number of rotatable bonds is 16. The summed E-state index contributed by atoms with van der Waals surface area (Å²) in [5, 5.41) is 11.3. The van der Waals surface area contributed by atoms with E-state index in [4.69, 9.17) is 9.84 Å². The van der Waals surface area contributed by atoms with Crippen LogP contribution in [-0.4, -0.2) is 30.1 Å². The van der Waals surface area contributed by atoms with Crippen LogP contribution in [0.15, 0.2) is 78.9 Å². The maximum absolute atomic E-state index is 12.0. The molecular formula is C32H39NO4. The molecule has 3 rings (SSSR count). The van der Waals surface area contributed by atoms with Gasteiger partial charge in [-0.05, 0) is 72.6 Å². The summed E-state index contributed by atoms with van der Waals surface area (Å²) in [5.74, 6) is 0.264. The molecule has 2 N–H and O–H groups in total. The Balaban J connectivity index is 1.23. The van der Waals surface area contributed by atoms with Gasteiger partial charge in [0, 0.05) is 12.1 Å². The van der Waals surface area contributed by atoms with Crippen molar-refractivity contribution in [2.45, 2.75) is 64.2 Å². The molecule has 0 saturated carbocycles. The number of amides is 1. The van der Waals surface area contributed by atoms with E-state index in [1.807, 2.05) is 12.1 Å². The van der Waals surface area contributed by atoms with Crippen LogP contribution in [0.3, 0.4) is 0 Å². The smallest absolute Gasteiger partial charge is 0.305 e. The van der Waals surface area contributed by atoms with Crippen molar-refractivity contribution in [3.63, 3.8) is 0 Å². The normalized spacial score (nSPS) is 11.6. The van der Waals surface area contributed by atoms with Crippen LogP contribution in [0.4, 0.5) is 0 Å². The number of carboxylic acids is 1. The lowest BCUT2D eigenvalue weighted by atomic mass is 9.94. The van der Waals surface area contributed by atoms with Crippen LogP contribution in [0.25, 0.3) is 0 Å². The lowest BCUT2D eigenvalue weighted by molar-refractivity contribution is -0.136. The molecule has 0 radical (unpaired) electrons. The summed E-state index contributed by atoms with van der Waals surface area (Å²) < 4.78 is 5.94. The fraction of sp³-hybridized carbons (Fsp3) is 0.375. The van der Waals surface area contributed by atoms with Crippen LogP contribution in [0.1, 0.15) is 78.4 Å². The van der Waals surface area contributed by atoms with Gasteiger partial charge in [-0.15, -0.1) is 0 Å². The van der Waals surface area contributed by atoms with E-state index in [0.29, 0.717) is 11.5 Å². The van der Waals surface area contributed by atoms with E-state index >= 15 is 0 Å². The van der Waals surface area contributed by atoms with Gasteiger partial charge in [0.1, 0.15) is 5.75 Å². The van der Waals surface area contributed by atoms with Gasteiger partial charge in [-0.3, -0.25) is 9.59 Å². The second-order valence-electron chi connectivity index (χ2n) is 9.62. The number of ether oxygens (including phenoxy) is 1. The fourth-order valence-corrected chi connectivity index (χ4v) is 4.34. The number of unbranched alkanes of at least 4 members (excludes halogenated alkanes) is 4. The molecule has 3 aromatic carbocycles. The van der Waals surface area contributed by atoms with Crippen molar-refractivity contribution in [2.75, 3.05) is 13.2 Å². The van der Waals surface area contributed by atoms with E-state index in [1.165, 1.54) is 29.5 Å². The molecule has 1 unspecified atom stereocenters. The van der Waals surface area contributed by atoms with Crippen molar-refractivity contribution < 1.29 is 19.4 Å². The highest BCUT2D eigenvalue weighted by Gasteiger charge is 2.08. The molecule has 196 valence electrons. The molecule has 3 aromatic rings. The number of nitrogens with one attached hydrogen (secondary N) is 1. The van der Waals surface area contributed by atoms with E-state index in [2.05, 4.69) is 66.8 Å².